The number of aromatic nitrogens is 2. The van der Waals surface area contributed by atoms with Crippen molar-refractivity contribution in [3.8, 4) is 16.5 Å². The van der Waals surface area contributed by atoms with Gasteiger partial charge in [-0.25, -0.2) is 0 Å². The Balaban J connectivity index is 1.49. The number of amides is 1. The molecule has 0 spiro atoms. The molecule has 3 aromatic rings. The Morgan fingerprint density at radius 2 is 2.12 bits per heavy atom. The Morgan fingerprint density at radius 1 is 1.31 bits per heavy atom. The molecular formula is C19H21N3O3S. The minimum absolute atomic E-state index is 0.0535. The monoisotopic (exact) mass is 371 g/mol. The SMILES string of the molecule is CCOc1ccc(C(C)NC(=O)CCc2nc(-c3cccs3)no2)cc1. The van der Waals surface area contributed by atoms with Crippen LogP contribution in [0.25, 0.3) is 10.7 Å². The highest BCUT2D eigenvalue weighted by molar-refractivity contribution is 7.13. The lowest BCUT2D eigenvalue weighted by Crippen LogP contribution is -2.26. The van der Waals surface area contributed by atoms with E-state index in [0.29, 0.717) is 31.2 Å². The number of nitrogens with zero attached hydrogens (tertiary/aromatic N) is 2. The van der Waals surface area contributed by atoms with Gasteiger partial charge >= 0.3 is 0 Å². The molecule has 3 rings (SSSR count). The molecule has 1 amide bonds. The number of benzene rings is 1. The highest BCUT2D eigenvalue weighted by Gasteiger charge is 2.13. The highest BCUT2D eigenvalue weighted by Crippen LogP contribution is 2.21. The molecule has 0 radical (unpaired) electrons. The Bertz CT molecular complexity index is 828. The predicted molar refractivity (Wildman–Crippen MR) is 100 cm³/mol. The van der Waals surface area contributed by atoms with Crippen LogP contribution in [0.5, 0.6) is 5.75 Å². The van der Waals surface area contributed by atoms with Crippen LogP contribution in [-0.2, 0) is 11.2 Å². The largest absolute Gasteiger partial charge is 0.494 e. The van der Waals surface area contributed by atoms with Gasteiger partial charge in [0.2, 0.25) is 17.6 Å². The zero-order valence-electron chi connectivity index (χ0n) is 14.8. The van der Waals surface area contributed by atoms with Crippen molar-refractivity contribution in [2.45, 2.75) is 32.7 Å². The summed E-state index contributed by atoms with van der Waals surface area (Å²) in [5.74, 6) is 1.81. The average Bonchev–Trinajstić information content (AvgIpc) is 3.32. The number of hydrogen-bond acceptors (Lipinski definition) is 6. The van der Waals surface area contributed by atoms with Gasteiger partial charge in [-0.3, -0.25) is 4.79 Å². The van der Waals surface area contributed by atoms with Crippen LogP contribution in [0, 0.1) is 0 Å². The molecule has 0 aliphatic carbocycles. The molecule has 0 aliphatic heterocycles. The molecule has 1 aromatic carbocycles. The van der Waals surface area contributed by atoms with E-state index in [1.165, 1.54) is 0 Å². The van der Waals surface area contributed by atoms with Gasteiger partial charge in [0.15, 0.2) is 0 Å². The topological polar surface area (TPSA) is 77.2 Å². The van der Waals surface area contributed by atoms with E-state index >= 15 is 0 Å². The first kappa shape index (κ1) is 18.1. The molecule has 2 aromatic heterocycles. The van der Waals surface area contributed by atoms with E-state index in [1.54, 1.807) is 11.3 Å². The Labute approximate surface area is 156 Å². The van der Waals surface area contributed by atoms with Crippen LogP contribution in [0.2, 0.25) is 0 Å². The summed E-state index contributed by atoms with van der Waals surface area (Å²) in [5, 5.41) is 8.89. The van der Waals surface area contributed by atoms with Crippen molar-refractivity contribution in [2.24, 2.45) is 0 Å². The standard InChI is InChI=1S/C19H21N3O3S/c1-3-24-15-8-6-14(7-9-15)13(2)20-17(23)10-11-18-21-19(22-25-18)16-5-4-12-26-16/h4-9,12-13H,3,10-11H2,1-2H3,(H,20,23). The normalized spacial score (nSPS) is 11.9. The molecule has 26 heavy (non-hydrogen) atoms. The number of rotatable bonds is 8. The third-order valence-corrected chi connectivity index (χ3v) is 4.71. The maximum Gasteiger partial charge on any atom is 0.227 e. The highest BCUT2D eigenvalue weighted by atomic mass is 32.1. The van der Waals surface area contributed by atoms with E-state index in [2.05, 4.69) is 15.5 Å². The number of ether oxygens (including phenoxy) is 1. The maximum absolute atomic E-state index is 12.2. The fraction of sp³-hybridized carbons (Fsp3) is 0.316. The fourth-order valence-corrected chi connectivity index (χ4v) is 3.15. The molecule has 0 aliphatic rings. The lowest BCUT2D eigenvalue weighted by Gasteiger charge is -2.14. The summed E-state index contributed by atoms with van der Waals surface area (Å²) in [6, 6.07) is 11.5. The second kappa shape index (κ2) is 8.62. The average molecular weight is 371 g/mol. The zero-order chi connectivity index (χ0) is 18.4. The molecule has 136 valence electrons. The predicted octanol–water partition coefficient (Wildman–Crippen LogP) is 4.01. The third kappa shape index (κ3) is 4.70. The van der Waals surface area contributed by atoms with Gasteiger partial charge in [0, 0.05) is 12.8 Å². The van der Waals surface area contributed by atoms with Crippen molar-refractivity contribution in [1.82, 2.24) is 15.5 Å². The van der Waals surface area contributed by atoms with Crippen molar-refractivity contribution in [1.29, 1.82) is 0 Å². The molecule has 0 saturated heterocycles. The summed E-state index contributed by atoms with van der Waals surface area (Å²) in [7, 11) is 0. The summed E-state index contributed by atoms with van der Waals surface area (Å²) in [4.78, 5) is 17.5. The van der Waals surface area contributed by atoms with E-state index in [0.717, 1.165) is 16.2 Å². The van der Waals surface area contributed by atoms with E-state index < -0.39 is 0 Å². The van der Waals surface area contributed by atoms with Gasteiger partial charge < -0.3 is 14.6 Å². The van der Waals surface area contributed by atoms with Crippen LogP contribution in [-0.4, -0.2) is 22.7 Å². The van der Waals surface area contributed by atoms with Gasteiger partial charge in [-0.15, -0.1) is 11.3 Å². The number of thiophene rings is 1. The quantitative estimate of drug-likeness (QED) is 0.647. The summed E-state index contributed by atoms with van der Waals surface area (Å²) in [6.45, 7) is 4.54. The van der Waals surface area contributed by atoms with Crippen LogP contribution in [0.15, 0.2) is 46.3 Å². The summed E-state index contributed by atoms with van der Waals surface area (Å²) in [6.07, 6.45) is 0.716. The van der Waals surface area contributed by atoms with Crippen LogP contribution in [0.4, 0.5) is 0 Å². The molecule has 0 bridgehead atoms. The third-order valence-electron chi connectivity index (χ3n) is 3.84. The Hall–Kier alpha value is -2.67. The van der Waals surface area contributed by atoms with E-state index in [-0.39, 0.29) is 11.9 Å². The number of nitrogens with one attached hydrogen (secondary N) is 1. The van der Waals surface area contributed by atoms with E-state index in [9.17, 15) is 4.79 Å². The maximum atomic E-state index is 12.2. The van der Waals surface area contributed by atoms with Gasteiger partial charge in [0.05, 0.1) is 17.5 Å². The molecule has 1 N–H and O–H groups in total. The second-order valence-electron chi connectivity index (χ2n) is 5.78. The minimum Gasteiger partial charge on any atom is -0.494 e. The minimum atomic E-state index is -0.0810. The molecule has 7 heteroatoms. The van der Waals surface area contributed by atoms with Crippen LogP contribution in [0.3, 0.4) is 0 Å². The van der Waals surface area contributed by atoms with Crippen molar-refractivity contribution >= 4 is 17.2 Å². The number of carbonyl (C=O) groups is 1. The molecule has 0 saturated carbocycles. The zero-order valence-corrected chi connectivity index (χ0v) is 15.6. The number of aryl methyl sites for hydroxylation is 1. The van der Waals surface area contributed by atoms with Crippen LogP contribution < -0.4 is 10.1 Å². The molecular weight excluding hydrogens is 350 g/mol. The summed E-state index contributed by atoms with van der Waals surface area (Å²) >= 11 is 1.55. The molecule has 1 unspecified atom stereocenters. The van der Waals surface area contributed by atoms with Crippen molar-refractivity contribution < 1.29 is 14.1 Å². The van der Waals surface area contributed by atoms with Crippen molar-refractivity contribution in [3.05, 3.63) is 53.2 Å². The summed E-state index contributed by atoms with van der Waals surface area (Å²) in [5.41, 5.74) is 1.03. The Morgan fingerprint density at radius 3 is 2.81 bits per heavy atom. The second-order valence-corrected chi connectivity index (χ2v) is 6.73. The lowest BCUT2D eigenvalue weighted by atomic mass is 10.1. The lowest BCUT2D eigenvalue weighted by molar-refractivity contribution is -0.121. The first-order valence-corrected chi connectivity index (χ1v) is 9.42. The first-order valence-electron chi connectivity index (χ1n) is 8.54. The van der Waals surface area contributed by atoms with Gasteiger partial charge in [-0.1, -0.05) is 23.4 Å². The molecule has 2 heterocycles. The molecule has 6 nitrogen and oxygen atoms in total. The summed E-state index contributed by atoms with van der Waals surface area (Å²) < 4.78 is 10.6. The van der Waals surface area contributed by atoms with Crippen molar-refractivity contribution in [3.63, 3.8) is 0 Å². The molecule has 0 fully saturated rings. The smallest absolute Gasteiger partial charge is 0.227 e. The van der Waals surface area contributed by atoms with Gasteiger partial charge in [0.25, 0.3) is 0 Å². The van der Waals surface area contributed by atoms with Crippen LogP contribution in [0.1, 0.15) is 37.8 Å². The van der Waals surface area contributed by atoms with Gasteiger partial charge in [-0.2, -0.15) is 4.98 Å². The van der Waals surface area contributed by atoms with Crippen LogP contribution >= 0.6 is 11.3 Å². The number of hydrogen-bond donors (Lipinski definition) is 1. The number of carbonyl (C=O) groups excluding carboxylic acids is 1. The van der Waals surface area contributed by atoms with E-state index in [1.807, 2.05) is 55.6 Å². The van der Waals surface area contributed by atoms with Gasteiger partial charge in [-0.05, 0) is 43.0 Å². The van der Waals surface area contributed by atoms with Gasteiger partial charge in [0.1, 0.15) is 5.75 Å². The van der Waals surface area contributed by atoms with Crippen molar-refractivity contribution in [2.75, 3.05) is 6.61 Å². The fourth-order valence-electron chi connectivity index (χ4n) is 2.50. The van der Waals surface area contributed by atoms with E-state index in [4.69, 9.17) is 9.26 Å². The first-order chi connectivity index (χ1) is 12.7. The molecule has 1 atom stereocenters. The Kier molecular flexibility index (Phi) is 6.01.